The third-order valence-corrected chi connectivity index (χ3v) is 3.71. The monoisotopic (exact) mass is 298 g/mol. The first-order chi connectivity index (χ1) is 9.42. The van der Waals surface area contributed by atoms with E-state index in [9.17, 15) is 13.6 Å². The van der Waals surface area contributed by atoms with Gasteiger partial charge in [-0.15, -0.1) is 0 Å². The van der Waals surface area contributed by atoms with Crippen LogP contribution in [-0.2, 0) is 4.74 Å². The highest BCUT2D eigenvalue weighted by atomic mass is 32.1. The smallest absolute Gasteiger partial charge is 0.350 e. The lowest BCUT2D eigenvalue weighted by Crippen LogP contribution is -1.99. The summed E-state index contributed by atoms with van der Waals surface area (Å²) in [5.41, 5.74) is 0.661. The molecule has 0 atom stereocenters. The van der Waals surface area contributed by atoms with Crippen molar-refractivity contribution in [2.75, 3.05) is 12.4 Å². The molecule has 0 aliphatic carbocycles. The summed E-state index contributed by atoms with van der Waals surface area (Å²) in [6.45, 7) is 3.12. The molecule has 0 aliphatic heterocycles. The predicted molar refractivity (Wildman–Crippen MR) is 72.6 cm³/mol. The molecule has 0 saturated heterocycles. The molecule has 7 heteroatoms. The molecular formula is C13H12F2N2O2S. The Morgan fingerprint density at radius 3 is 2.65 bits per heavy atom. The number of aryl methyl sites for hydroxylation is 2. The lowest BCUT2D eigenvalue weighted by atomic mass is 10.2. The summed E-state index contributed by atoms with van der Waals surface area (Å²) >= 11 is 1.02. The van der Waals surface area contributed by atoms with Crippen molar-refractivity contribution in [2.24, 2.45) is 0 Å². The van der Waals surface area contributed by atoms with Gasteiger partial charge < -0.3 is 10.1 Å². The van der Waals surface area contributed by atoms with Crippen LogP contribution in [0.4, 0.5) is 19.6 Å². The molecule has 1 N–H and O–H groups in total. The van der Waals surface area contributed by atoms with Gasteiger partial charge in [0.15, 0.2) is 5.13 Å². The van der Waals surface area contributed by atoms with Crippen LogP contribution < -0.4 is 5.32 Å². The lowest BCUT2D eigenvalue weighted by Gasteiger charge is -2.05. The molecule has 0 saturated carbocycles. The van der Waals surface area contributed by atoms with Gasteiger partial charge in [-0.1, -0.05) is 11.3 Å². The highest BCUT2D eigenvalue weighted by Gasteiger charge is 2.17. The van der Waals surface area contributed by atoms with Crippen molar-refractivity contribution < 1.29 is 18.3 Å². The van der Waals surface area contributed by atoms with Crippen molar-refractivity contribution in [1.82, 2.24) is 4.98 Å². The molecule has 0 bridgehead atoms. The van der Waals surface area contributed by atoms with Gasteiger partial charge in [-0.25, -0.2) is 18.6 Å². The molecule has 20 heavy (non-hydrogen) atoms. The Bertz CT molecular complexity index is 671. The summed E-state index contributed by atoms with van der Waals surface area (Å²) in [4.78, 5) is 15.9. The number of ether oxygens (including phenoxy) is 1. The molecule has 2 aromatic rings. The minimum atomic E-state index is -0.587. The van der Waals surface area contributed by atoms with Crippen molar-refractivity contribution in [2.45, 2.75) is 13.8 Å². The van der Waals surface area contributed by atoms with Crippen LogP contribution in [0.3, 0.4) is 0 Å². The number of nitrogens with one attached hydrogen (secondary N) is 1. The number of benzene rings is 1. The molecule has 0 amide bonds. The largest absolute Gasteiger partial charge is 0.465 e. The summed E-state index contributed by atoms with van der Waals surface area (Å²) in [6.07, 6.45) is 0. The van der Waals surface area contributed by atoms with Crippen LogP contribution in [0.2, 0.25) is 0 Å². The van der Waals surface area contributed by atoms with Gasteiger partial charge in [-0.05, 0) is 25.5 Å². The second-order valence-electron chi connectivity index (χ2n) is 4.13. The van der Waals surface area contributed by atoms with Gasteiger partial charge >= 0.3 is 5.97 Å². The molecule has 0 aliphatic rings. The first-order valence-corrected chi connectivity index (χ1v) is 6.52. The molecule has 106 valence electrons. The average molecular weight is 298 g/mol. The highest BCUT2D eigenvalue weighted by Crippen LogP contribution is 2.28. The number of hydrogen-bond acceptors (Lipinski definition) is 5. The molecule has 0 fully saturated rings. The molecule has 1 aromatic heterocycles. The molecule has 1 aromatic carbocycles. The van der Waals surface area contributed by atoms with Crippen molar-refractivity contribution in [1.29, 1.82) is 0 Å². The van der Waals surface area contributed by atoms with E-state index in [0.29, 0.717) is 15.7 Å². The minimum absolute atomic E-state index is 0.0294. The molecular weight excluding hydrogens is 286 g/mol. The fourth-order valence-corrected chi connectivity index (χ4v) is 2.49. The Morgan fingerprint density at radius 2 is 2.00 bits per heavy atom. The van der Waals surface area contributed by atoms with Crippen molar-refractivity contribution >= 4 is 28.1 Å². The number of nitrogens with zero attached hydrogens (tertiary/aromatic N) is 1. The van der Waals surface area contributed by atoms with E-state index in [1.54, 1.807) is 6.92 Å². The van der Waals surface area contributed by atoms with E-state index in [1.165, 1.54) is 14.0 Å². The number of carbonyl (C=O) groups is 1. The number of anilines is 2. The fourth-order valence-electron chi connectivity index (χ4n) is 1.59. The maximum atomic E-state index is 13.7. The third-order valence-electron chi connectivity index (χ3n) is 2.66. The SMILES string of the molecule is COC(=O)c1sc(Nc2cc(F)c(C)cc2F)nc1C. The van der Waals surface area contributed by atoms with Crippen LogP contribution in [0, 0.1) is 25.5 Å². The maximum absolute atomic E-state index is 13.7. The summed E-state index contributed by atoms with van der Waals surface area (Å²) in [5.74, 6) is -1.62. The number of halogens is 2. The summed E-state index contributed by atoms with van der Waals surface area (Å²) in [6, 6.07) is 2.15. The normalized spacial score (nSPS) is 10.4. The fraction of sp³-hybridized carbons (Fsp3) is 0.231. The predicted octanol–water partition coefficient (Wildman–Crippen LogP) is 3.57. The number of hydrogen-bond donors (Lipinski definition) is 1. The Kier molecular flexibility index (Phi) is 3.99. The number of rotatable bonds is 3. The zero-order valence-electron chi connectivity index (χ0n) is 11.1. The molecule has 0 spiro atoms. The van der Waals surface area contributed by atoms with Crippen LogP contribution in [0.25, 0.3) is 0 Å². The van der Waals surface area contributed by atoms with E-state index in [1.807, 2.05) is 0 Å². The van der Waals surface area contributed by atoms with Gasteiger partial charge in [0, 0.05) is 6.07 Å². The first-order valence-electron chi connectivity index (χ1n) is 5.70. The second kappa shape index (κ2) is 5.54. The van der Waals surface area contributed by atoms with E-state index in [0.717, 1.165) is 23.5 Å². The Balaban J connectivity index is 2.31. The molecule has 0 unspecified atom stereocenters. The summed E-state index contributed by atoms with van der Waals surface area (Å²) in [7, 11) is 1.27. The van der Waals surface area contributed by atoms with Crippen LogP contribution >= 0.6 is 11.3 Å². The standard InChI is InChI=1S/C13H12F2N2O2S/c1-6-4-9(15)10(5-8(6)14)17-13-16-7(2)11(20-13)12(18)19-3/h4-5H,1-3H3,(H,16,17). The quantitative estimate of drug-likeness (QED) is 0.880. The molecule has 2 rings (SSSR count). The van der Waals surface area contributed by atoms with Crippen LogP contribution in [0.1, 0.15) is 20.9 Å². The van der Waals surface area contributed by atoms with E-state index < -0.39 is 17.6 Å². The molecule has 0 radical (unpaired) electrons. The number of carbonyl (C=O) groups excluding carboxylic acids is 1. The van der Waals surface area contributed by atoms with E-state index in [2.05, 4.69) is 15.0 Å². The zero-order chi connectivity index (χ0) is 14.9. The number of methoxy groups -OCH3 is 1. The van der Waals surface area contributed by atoms with Crippen molar-refractivity contribution in [3.63, 3.8) is 0 Å². The summed E-state index contributed by atoms with van der Waals surface area (Å²) < 4.78 is 31.7. The van der Waals surface area contributed by atoms with Gasteiger partial charge in [0.05, 0.1) is 18.5 Å². The third kappa shape index (κ3) is 2.77. The summed E-state index contributed by atoms with van der Waals surface area (Å²) in [5, 5.41) is 2.96. The van der Waals surface area contributed by atoms with E-state index in [4.69, 9.17) is 0 Å². The Labute approximate surface area is 118 Å². The van der Waals surface area contributed by atoms with E-state index in [-0.39, 0.29) is 11.3 Å². The highest BCUT2D eigenvalue weighted by molar-refractivity contribution is 7.17. The minimum Gasteiger partial charge on any atom is -0.465 e. The van der Waals surface area contributed by atoms with E-state index >= 15 is 0 Å². The van der Waals surface area contributed by atoms with Gasteiger partial charge in [0.25, 0.3) is 0 Å². The maximum Gasteiger partial charge on any atom is 0.350 e. The molecule has 1 heterocycles. The molecule has 4 nitrogen and oxygen atoms in total. The zero-order valence-corrected chi connectivity index (χ0v) is 11.9. The second-order valence-corrected chi connectivity index (χ2v) is 5.13. The Hall–Kier alpha value is -2.02. The first kappa shape index (κ1) is 14.4. The number of aromatic nitrogens is 1. The number of thiazole rings is 1. The van der Waals surface area contributed by atoms with Crippen LogP contribution in [-0.4, -0.2) is 18.1 Å². The average Bonchev–Trinajstić information content (AvgIpc) is 2.76. The Morgan fingerprint density at radius 1 is 1.30 bits per heavy atom. The van der Waals surface area contributed by atoms with Crippen molar-refractivity contribution in [3.05, 3.63) is 39.9 Å². The lowest BCUT2D eigenvalue weighted by molar-refractivity contribution is 0.0605. The van der Waals surface area contributed by atoms with Crippen LogP contribution in [0.15, 0.2) is 12.1 Å². The number of esters is 1. The van der Waals surface area contributed by atoms with Gasteiger partial charge in [0.2, 0.25) is 0 Å². The van der Waals surface area contributed by atoms with Crippen LogP contribution in [0.5, 0.6) is 0 Å². The van der Waals surface area contributed by atoms with Gasteiger partial charge in [-0.3, -0.25) is 0 Å². The topological polar surface area (TPSA) is 51.2 Å². The van der Waals surface area contributed by atoms with Gasteiger partial charge in [0.1, 0.15) is 16.5 Å². The van der Waals surface area contributed by atoms with Gasteiger partial charge in [-0.2, -0.15) is 0 Å². The van der Waals surface area contributed by atoms with Crippen molar-refractivity contribution in [3.8, 4) is 0 Å².